The zero-order valence-corrected chi connectivity index (χ0v) is 10.3. The van der Waals surface area contributed by atoms with E-state index in [1.54, 1.807) is 6.07 Å². The van der Waals surface area contributed by atoms with Gasteiger partial charge < -0.3 is 5.11 Å². The Hall–Kier alpha value is -1.77. The summed E-state index contributed by atoms with van der Waals surface area (Å²) in [6, 6.07) is 3.03. The van der Waals surface area contributed by atoms with Crippen molar-refractivity contribution in [1.29, 1.82) is 0 Å². The van der Waals surface area contributed by atoms with Crippen LogP contribution in [0, 0.1) is 0 Å². The zero-order chi connectivity index (χ0) is 13.9. The molecule has 2 aromatic rings. The summed E-state index contributed by atoms with van der Waals surface area (Å²) in [5.41, 5.74) is 0.383. The number of hydrogen-bond acceptors (Lipinski definition) is 5. The molecule has 5 nitrogen and oxygen atoms in total. The lowest BCUT2D eigenvalue weighted by molar-refractivity contribution is -0.142. The molecule has 0 unspecified atom stereocenters. The molecule has 102 valence electrons. The molecule has 0 bridgehead atoms. The Kier molecular flexibility index (Phi) is 3.93. The van der Waals surface area contributed by atoms with Crippen LogP contribution in [0.1, 0.15) is 5.69 Å². The van der Waals surface area contributed by atoms with Crippen LogP contribution in [0.25, 0.3) is 0 Å². The summed E-state index contributed by atoms with van der Waals surface area (Å²) in [6.07, 6.45) is -1.81. The average Bonchev–Trinajstić information content (AvgIpc) is 2.73. The van der Waals surface area contributed by atoms with E-state index in [-0.39, 0.29) is 16.7 Å². The highest BCUT2D eigenvalue weighted by Gasteiger charge is 2.29. The number of hydrogen-bond donors (Lipinski definition) is 1. The van der Waals surface area contributed by atoms with Crippen LogP contribution in [0.5, 0.6) is 5.75 Å². The molecule has 0 amide bonds. The number of rotatable bonds is 4. The fraction of sp³-hybridized carbons (Fsp3) is 0.300. The van der Waals surface area contributed by atoms with Gasteiger partial charge in [0.25, 0.3) is 0 Å². The van der Waals surface area contributed by atoms with Crippen molar-refractivity contribution in [2.75, 3.05) is 0 Å². The maximum absolute atomic E-state index is 12.3. The Bertz CT molecular complexity index is 558. The second-order valence-electron chi connectivity index (χ2n) is 3.61. The van der Waals surface area contributed by atoms with Crippen molar-refractivity contribution in [3.05, 3.63) is 30.4 Å². The number of pyridine rings is 1. The minimum Gasteiger partial charge on any atom is -0.506 e. The minimum atomic E-state index is -4.33. The van der Waals surface area contributed by atoms with Gasteiger partial charge in [-0.15, -0.1) is 10.2 Å². The molecule has 2 heterocycles. The molecule has 0 saturated heterocycles. The van der Waals surface area contributed by atoms with Gasteiger partial charge in [0.15, 0.2) is 5.16 Å². The van der Waals surface area contributed by atoms with Gasteiger partial charge in [-0.2, -0.15) is 13.2 Å². The lowest BCUT2D eigenvalue weighted by Gasteiger charge is -2.09. The molecule has 0 fully saturated rings. The van der Waals surface area contributed by atoms with Crippen molar-refractivity contribution in [3.8, 4) is 5.75 Å². The highest BCUT2D eigenvalue weighted by atomic mass is 32.2. The first kappa shape index (κ1) is 13.7. The molecule has 1 N–H and O–H groups in total. The van der Waals surface area contributed by atoms with E-state index in [1.807, 2.05) is 0 Å². The van der Waals surface area contributed by atoms with Gasteiger partial charge in [0.05, 0.1) is 5.69 Å². The van der Waals surface area contributed by atoms with Gasteiger partial charge in [-0.3, -0.25) is 9.55 Å². The number of aromatic nitrogens is 4. The second-order valence-corrected chi connectivity index (χ2v) is 4.56. The average molecular weight is 290 g/mol. The number of alkyl halides is 3. The van der Waals surface area contributed by atoms with Gasteiger partial charge in [0.2, 0.25) is 0 Å². The lowest BCUT2D eigenvalue weighted by Crippen LogP contribution is -2.17. The molecule has 19 heavy (non-hydrogen) atoms. The standard InChI is InChI=1S/C10H9F3N4OS/c11-10(12,13)5-17-6-15-16-9(17)19-4-7-8(18)2-1-3-14-7/h1-3,6,18H,4-5H2. The third kappa shape index (κ3) is 3.85. The van der Waals surface area contributed by atoms with Gasteiger partial charge in [0, 0.05) is 11.9 Å². The van der Waals surface area contributed by atoms with Crippen LogP contribution in [0.4, 0.5) is 13.2 Å². The zero-order valence-electron chi connectivity index (χ0n) is 9.50. The Morgan fingerprint density at radius 3 is 2.84 bits per heavy atom. The summed E-state index contributed by atoms with van der Waals surface area (Å²) >= 11 is 1.03. The molecular formula is C10H9F3N4OS. The van der Waals surface area contributed by atoms with E-state index in [4.69, 9.17) is 0 Å². The first-order chi connectivity index (χ1) is 8.96. The number of aromatic hydroxyl groups is 1. The third-order valence-corrected chi connectivity index (χ3v) is 3.13. The van der Waals surface area contributed by atoms with Crippen LogP contribution < -0.4 is 0 Å². The van der Waals surface area contributed by atoms with Crippen LogP contribution in [-0.2, 0) is 12.3 Å². The highest BCUT2D eigenvalue weighted by molar-refractivity contribution is 7.98. The summed E-state index contributed by atoms with van der Waals surface area (Å²) in [5.74, 6) is 0.209. The molecule has 0 aliphatic carbocycles. The van der Waals surface area contributed by atoms with Crippen molar-refractivity contribution in [1.82, 2.24) is 19.7 Å². The molecule has 0 aromatic carbocycles. The van der Waals surface area contributed by atoms with Crippen LogP contribution in [0.2, 0.25) is 0 Å². The summed E-state index contributed by atoms with van der Waals surface area (Å²) in [6.45, 7) is -1.14. The topological polar surface area (TPSA) is 63.8 Å². The van der Waals surface area contributed by atoms with E-state index in [0.717, 1.165) is 22.7 Å². The molecule has 0 spiro atoms. The van der Waals surface area contributed by atoms with Crippen molar-refractivity contribution < 1.29 is 18.3 Å². The van der Waals surface area contributed by atoms with Crippen molar-refractivity contribution >= 4 is 11.8 Å². The molecular weight excluding hydrogens is 281 g/mol. The SMILES string of the molecule is Oc1cccnc1CSc1nncn1CC(F)(F)F. The van der Waals surface area contributed by atoms with Crippen LogP contribution in [-0.4, -0.2) is 31.0 Å². The van der Waals surface area contributed by atoms with Gasteiger partial charge in [-0.25, -0.2) is 0 Å². The maximum Gasteiger partial charge on any atom is 0.406 e. The fourth-order valence-corrected chi connectivity index (χ4v) is 2.20. The number of thioether (sulfide) groups is 1. The molecule has 0 aliphatic heterocycles. The molecule has 2 rings (SSSR count). The molecule has 2 aromatic heterocycles. The normalized spacial score (nSPS) is 11.7. The van der Waals surface area contributed by atoms with Crippen molar-refractivity contribution in [2.24, 2.45) is 0 Å². The van der Waals surface area contributed by atoms with Crippen molar-refractivity contribution in [2.45, 2.75) is 23.6 Å². The van der Waals surface area contributed by atoms with E-state index in [2.05, 4.69) is 15.2 Å². The molecule has 0 saturated carbocycles. The smallest absolute Gasteiger partial charge is 0.406 e. The Labute approximate surface area is 110 Å². The largest absolute Gasteiger partial charge is 0.506 e. The quantitative estimate of drug-likeness (QED) is 0.875. The third-order valence-electron chi connectivity index (χ3n) is 2.13. The summed E-state index contributed by atoms with van der Waals surface area (Å²) in [5, 5.41) is 16.7. The fourth-order valence-electron chi connectivity index (χ4n) is 1.33. The first-order valence-electron chi connectivity index (χ1n) is 5.16. The van der Waals surface area contributed by atoms with E-state index in [9.17, 15) is 18.3 Å². The number of halogens is 3. The van der Waals surface area contributed by atoms with Gasteiger partial charge in [-0.05, 0) is 12.1 Å². The van der Waals surface area contributed by atoms with Crippen molar-refractivity contribution in [3.63, 3.8) is 0 Å². The maximum atomic E-state index is 12.3. The Morgan fingerprint density at radius 1 is 1.37 bits per heavy atom. The molecule has 0 atom stereocenters. The summed E-state index contributed by atoms with van der Waals surface area (Å²) in [7, 11) is 0. The molecule has 0 aliphatic rings. The molecule has 9 heteroatoms. The van der Waals surface area contributed by atoms with Crippen LogP contribution in [0.3, 0.4) is 0 Å². The second kappa shape index (κ2) is 5.47. The van der Waals surface area contributed by atoms with E-state index in [0.29, 0.717) is 5.69 Å². The lowest BCUT2D eigenvalue weighted by atomic mass is 10.3. The first-order valence-corrected chi connectivity index (χ1v) is 6.14. The van der Waals surface area contributed by atoms with Gasteiger partial charge >= 0.3 is 6.18 Å². The predicted molar refractivity (Wildman–Crippen MR) is 61.5 cm³/mol. The van der Waals surface area contributed by atoms with E-state index in [1.165, 1.54) is 12.3 Å². The van der Waals surface area contributed by atoms with Crippen LogP contribution >= 0.6 is 11.8 Å². The van der Waals surface area contributed by atoms with E-state index >= 15 is 0 Å². The Morgan fingerprint density at radius 2 is 2.16 bits per heavy atom. The Balaban J connectivity index is 2.05. The monoisotopic (exact) mass is 290 g/mol. The van der Waals surface area contributed by atoms with Crippen LogP contribution in [0.15, 0.2) is 29.8 Å². The minimum absolute atomic E-state index is 0.00288. The highest BCUT2D eigenvalue weighted by Crippen LogP contribution is 2.26. The molecule has 0 radical (unpaired) electrons. The summed E-state index contributed by atoms with van der Waals surface area (Å²) in [4.78, 5) is 3.93. The predicted octanol–water partition coefficient (Wildman–Crippen LogP) is 2.23. The van der Waals surface area contributed by atoms with Gasteiger partial charge in [0.1, 0.15) is 18.6 Å². The van der Waals surface area contributed by atoms with Gasteiger partial charge in [-0.1, -0.05) is 11.8 Å². The van der Waals surface area contributed by atoms with E-state index < -0.39 is 12.7 Å². The summed E-state index contributed by atoms with van der Waals surface area (Å²) < 4.78 is 37.8. The number of nitrogens with zero attached hydrogens (tertiary/aromatic N) is 4.